The van der Waals surface area contributed by atoms with E-state index in [-0.39, 0.29) is 6.10 Å². The van der Waals surface area contributed by atoms with Crippen LogP contribution in [0.1, 0.15) is 13.3 Å². The van der Waals surface area contributed by atoms with E-state index in [9.17, 15) is 0 Å². The molecule has 1 heteroatoms. The van der Waals surface area contributed by atoms with Crippen LogP contribution in [0.25, 0.3) is 0 Å². The predicted octanol–water partition coefficient (Wildman–Crippen LogP) is 1.19. The summed E-state index contributed by atoms with van der Waals surface area (Å²) in [5, 5.41) is 8.95. The van der Waals surface area contributed by atoms with Crippen molar-refractivity contribution in [3.05, 3.63) is 12.7 Å². The van der Waals surface area contributed by atoms with Crippen LogP contribution in [0.15, 0.2) is 12.7 Å². The molecule has 1 aliphatic rings. The Morgan fingerprint density at radius 2 is 2.50 bits per heavy atom. The van der Waals surface area contributed by atoms with Crippen molar-refractivity contribution in [3.63, 3.8) is 0 Å². The van der Waals surface area contributed by atoms with E-state index in [0.29, 0.717) is 11.8 Å². The maximum Gasteiger partial charge on any atom is 0.0546 e. The maximum atomic E-state index is 8.95. The standard InChI is InChI=1S/C7H12O/c1-3-6-4-7(6)5(2)8/h3,5-8H,1,4H2,2H3/t5?,6-,7-/m0/s1. The molecule has 0 aromatic carbocycles. The summed E-state index contributed by atoms with van der Waals surface area (Å²) in [6.07, 6.45) is 2.94. The quantitative estimate of drug-likeness (QED) is 0.532. The molecule has 1 aliphatic carbocycles. The van der Waals surface area contributed by atoms with Crippen molar-refractivity contribution >= 4 is 0 Å². The van der Waals surface area contributed by atoms with Crippen LogP contribution in [0, 0.1) is 11.8 Å². The zero-order valence-electron chi connectivity index (χ0n) is 5.17. The first-order valence-electron chi connectivity index (χ1n) is 3.06. The molecule has 0 saturated heterocycles. The fourth-order valence-corrected chi connectivity index (χ4v) is 1.06. The summed E-state index contributed by atoms with van der Waals surface area (Å²) in [5.74, 6) is 1.13. The van der Waals surface area contributed by atoms with Gasteiger partial charge in [0.15, 0.2) is 0 Å². The molecular formula is C7H12O. The van der Waals surface area contributed by atoms with Gasteiger partial charge in [-0.05, 0) is 25.2 Å². The molecule has 3 atom stereocenters. The van der Waals surface area contributed by atoms with Crippen molar-refractivity contribution in [2.75, 3.05) is 0 Å². The van der Waals surface area contributed by atoms with Crippen LogP contribution in [0.5, 0.6) is 0 Å². The lowest BCUT2D eigenvalue weighted by atomic mass is 10.2. The molecule has 0 aromatic rings. The lowest BCUT2D eigenvalue weighted by Crippen LogP contribution is -2.02. The van der Waals surface area contributed by atoms with E-state index in [4.69, 9.17) is 5.11 Å². The highest BCUT2D eigenvalue weighted by molar-refractivity contribution is 4.99. The van der Waals surface area contributed by atoms with Crippen LogP contribution in [-0.4, -0.2) is 11.2 Å². The smallest absolute Gasteiger partial charge is 0.0546 e. The van der Waals surface area contributed by atoms with Gasteiger partial charge in [-0.3, -0.25) is 0 Å². The third-order valence-electron chi connectivity index (χ3n) is 1.81. The van der Waals surface area contributed by atoms with Gasteiger partial charge in [-0.2, -0.15) is 0 Å². The molecule has 0 bridgehead atoms. The number of hydrogen-bond donors (Lipinski definition) is 1. The summed E-state index contributed by atoms with van der Waals surface area (Å²) in [5.41, 5.74) is 0. The van der Waals surface area contributed by atoms with Crippen molar-refractivity contribution in [2.45, 2.75) is 19.4 Å². The van der Waals surface area contributed by atoms with E-state index in [1.807, 2.05) is 13.0 Å². The highest BCUT2D eigenvalue weighted by atomic mass is 16.3. The van der Waals surface area contributed by atoms with Gasteiger partial charge in [0.25, 0.3) is 0 Å². The number of rotatable bonds is 2. The highest BCUT2D eigenvalue weighted by Crippen LogP contribution is 2.41. The van der Waals surface area contributed by atoms with Crippen LogP contribution in [0.4, 0.5) is 0 Å². The predicted molar refractivity (Wildman–Crippen MR) is 33.5 cm³/mol. The van der Waals surface area contributed by atoms with Gasteiger partial charge in [0.1, 0.15) is 0 Å². The number of hydrogen-bond acceptors (Lipinski definition) is 1. The SMILES string of the molecule is C=C[C@H]1C[C@H]1C(C)O. The Bertz CT molecular complexity index is 96.6. The Balaban J connectivity index is 2.26. The summed E-state index contributed by atoms with van der Waals surface area (Å²) in [6.45, 7) is 5.49. The fraction of sp³-hybridized carbons (Fsp3) is 0.714. The summed E-state index contributed by atoms with van der Waals surface area (Å²) < 4.78 is 0. The first-order chi connectivity index (χ1) is 3.75. The second-order valence-corrected chi connectivity index (χ2v) is 2.54. The molecule has 0 aliphatic heterocycles. The molecule has 0 amide bonds. The van der Waals surface area contributed by atoms with Crippen molar-refractivity contribution in [3.8, 4) is 0 Å². The first kappa shape index (κ1) is 5.83. The molecule has 1 fully saturated rings. The Morgan fingerprint density at radius 1 is 1.88 bits per heavy atom. The van der Waals surface area contributed by atoms with Gasteiger partial charge < -0.3 is 5.11 Å². The van der Waals surface area contributed by atoms with Crippen molar-refractivity contribution in [1.82, 2.24) is 0 Å². The molecule has 0 aromatic heterocycles. The van der Waals surface area contributed by atoms with Crippen molar-refractivity contribution in [2.24, 2.45) is 11.8 Å². The normalized spacial score (nSPS) is 38.8. The van der Waals surface area contributed by atoms with Crippen LogP contribution in [-0.2, 0) is 0 Å². The van der Waals surface area contributed by atoms with Crippen LogP contribution in [0.3, 0.4) is 0 Å². The lowest BCUT2D eigenvalue weighted by Gasteiger charge is -1.97. The topological polar surface area (TPSA) is 20.2 Å². The molecular weight excluding hydrogens is 100 g/mol. The lowest BCUT2D eigenvalue weighted by molar-refractivity contribution is 0.167. The molecule has 1 rings (SSSR count). The van der Waals surface area contributed by atoms with Crippen LogP contribution >= 0.6 is 0 Å². The van der Waals surface area contributed by atoms with Gasteiger partial charge in [0, 0.05) is 0 Å². The molecule has 0 spiro atoms. The Hall–Kier alpha value is -0.300. The molecule has 1 N–H and O–H groups in total. The van der Waals surface area contributed by atoms with Gasteiger partial charge in [-0.1, -0.05) is 6.08 Å². The van der Waals surface area contributed by atoms with Crippen molar-refractivity contribution < 1.29 is 5.11 Å². The zero-order chi connectivity index (χ0) is 6.15. The van der Waals surface area contributed by atoms with Gasteiger partial charge in [0.2, 0.25) is 0 Å². The number of aliphatic hydroxyl groups is 1. The summed E-state index contributed by atoms with van der Waals surface area (Å²) in [6, 6.07) is 0. The van der Waals surface area contributed by atoms with E-state index in [0.717, 1.165) is 6.42 Å². The largest absolute Gasteiger partial charge is 0.393 e. The monoisotopic (exact) mass is 112 g/mol. The van der Waals surface area contributed by atoms with E-state index in [1.54, 1.807) is 0 Å². The van der Waals surface area contributed by atoms with Crippen molar-refractivity contribution in [1.29, 1.82) is 0 Å². The highest BCUT2D eigenvalue weighted by Gasteiger charge is 2.37. The average molecular weight is 112 g/mol. The fourth-order valence-electron chi connectivity index (χ4n) is 1.06. The van der Waals surface area contributed by atoms with E-state index < -0.39 is 0 Å². The minimum Gasteiger partial charge on any atom is -0.393 e. The number of allylic oxidation sites excluding steroid dienone is 1. The minimum absolute atomic E-state index is 0.127. The van der Waals surface area contributed by atoms with Crippen LogP contribution < -0.4 is 0 Å². The Kier molecular flexibility index (Phi) is 1.39. The van der Waals surface area contributed by atoms with Gasteiger partial charge in [0.05, 0.1) is 6.10 Å². The third-order valence-corrected chi connectivity index (χ3v) is 1.81. The average Bonchev–Trinajstić information content (AvgIpc) is 2.42. The van der Waals surface area contributed by atoms with Gasteiger partial charge in [-0.15, -0.1) is 6.58 Å². The second kappa shape index (κ2) is 1.90. The molecule has 0 radical (unpaired) electrons. The van der Waals surface area contributed by atoms with Gasteiger partial charge in [-0.25, -0.2) is 0 Å². The summed E-state index contributed by atoms with van der Waals surface area (Å²) >= 11 is 0. The van der Waals surface area contributed by atoms with E-state index >= 15 is 0 Å². The second-order valence-electron chi connectivity index (χ2n) is 2.54. The minimum atomic E-state index is -0.127. The maximum absolute atomic E-state index is 8.95. The van der Waals surface area contributed by atoms with Crippen LogP contribution in [0.2, 0.25) is 0 Å². The number of aliphatic hydroxyl groups excluding tert-OH is 1. The van der Waals surface area contributed by atoms with Gasteiger partial charge >= 0.3 is 0 Å². The Labute approximate surface area is 50.0 Å². The first-order valence-corrected chi connectivity index (χ1v) is 3.06. The molecule has 0 heterocycles. The summed E-state index contributed by atoms with van der Waals surface area (Å²) in [4.78, 5) is 0. The zero-order valence-corrected chi connectivity index (χ0v) is 5.17. The van der Waals surface area contributed by atoms with E-state index in [2.05, 4.69) is 6.58 Å². The molecule has 8 heavy (non-hydrogen) atoms. The summed E-state index contributed by atoms with van der Waals surface area (Å²) in [7, 11) is 0. The molecule has 1 nitrogen and oxygen atoms in total. The Morgan fingerprint density at radius 3 is 2.62 bits per heavy atom. The molecule has 1 unspecified atom stereocenters. The molecule has 1 saturated carbocycles. The van der Waals surface area contributed by atoms with E-state index in [1.165, 1.54) is 0 Å². The molecule has 46 valence electrons. The third kappa shape index (κ3) is 0.920.